The second kappa shape index (κ2) is 4.94. The molecule has 0 radical (unpaired) electrons. The first-order valence-corrected chi connectivity index (χ1v) is 6.18. The summed E-state index contributed by atoms with van der Waals surface area (Å²) < 4.78 is 0. The van der Waals surface area contributed by atoms with E-state index in [0.717, 1.165) is 25.9 Å². The summed E-state index contributed by atoms with van der Waals surface area (Å²) in [6.45, 7) is 3.96. The van der Waals surface area contributed by atoms with Crippen LogP contribution in [0.15, 0.2) is 23.3 Å². The van der Waals surface area contributed by atoms with Gasteiger partial charge in [-0.05, 0) is 26.8 Å². The first-order chi connectivity index (χ1) is 8.50. The SMILES string of the molecule is CN1CCC(C)(NC(=O)c2c[nH]ccc2=O)CC1. The van der Waals surface area contributed by atoms with E-state index in [1.165, 1.54) is 18.5 Å². The second-order valence-electron chi connectivity index (χ2n) is 5.24. The third kappa shape index (κ3) is 2.79. The summed E-state index contributed by atoms with van der Waals surface area (Å²) in [5.41, 5.74) is -0.285. The van der Waals surface area contributed by atoms with Gasteiger partial charge in [0.1, 0.15) is 5.56 Å². The van der Waals surface area contributed by atoms with Gasteiger partial charge in [0.05, 0.1) is 0 Å². The van der Waals surface area contributed by atoms with E-state index in [1.807, 2.05) is 6.92 Å². The molecule has 5 nitrogen and oxygen atoms in total. The van der Waals surface area contributed by atoms with E-state index in [-0.39, 0.29) is 22.4 Å². The Kier molecular flexibility index (Phi) is 3.52. The summed E-state index contributed by atoms with van der Waals surface area (Å²) in [6, 6.07) is 1.37. The Morgan fingerprint density at radius 2 is 2.11 bits per heavy atom. The molecule has 0 unspecified atom stereocenters. The largest absolute Gasteiger partial charge is 0.367 e. The van der Waals surface area contributed by atoms with Crippen LogP contribution in [0.25, 0.3) is 0 Å². The Morgan fingerprint density at radius 1 is 1.44 bits per heavy atom. The lowest BCUT2D eigenvalue weighted by Gasteiger charge is -2.38. The van der Waals surface area contributed by atoms with Gasteiger partial charge in [-0.1, -0.05) is 0 Å². The number of rotatable bonds is 2. The van der Waals surface area contributed by atoms with Crippen LogP contribution in [0.3, 0.4) is 0 Å². The third-order valence-corrected chi connectivity index (χ3v) is 3.57. The molecule has 2 heterocycles. The van der Waals surface area contributed by atoms with Crippen LogP contribution in [0.5, 0.6) is 0 Å². The van der Waals surface area contributed by atoms with Gasteiger partial charge in [-0.15, -0.1) is 0 Å². The Morgan fingerprint density at radius 3 is 2.72 bits per heavy atom. The van der Waals surface area contributed by atoms with Crippen molar-refractivity contribution in [3.63, 3.8) is 0 Å². The fourth-order valence-electron chi connectivity index (χ4n) is 2.17. The first-order valence-electron chi connectivity index (χ1n) is 6.18. The summed E-state index contributed by atoms with van der Waals surface area (Å²) in [4.78, 5) is 28.7. The number of aromatic nitrogens is 1. The number of nitrogens with zero attached hydrogens (tertiary/aromatic N) is 1. The highest BCUT2D eigenvalue weighted by Gasteiger charge is 2.30. The normalized spacial score (nSPS) is 19.4. The molecule has 1 aliphatic heterocycles. The van der Waals surface area contributed by atoms with Gasteiger partial charge >= 0.3 is 0 Å². The standard InChI is InChI=1S/C13H19N3O2/c1-13(4-7-16(2)8-5-13)15-12(18)10-9-14-6-3-11(10)17/h3,6,9H,4-5,7-8H2,1-2H3,(H,14,17)(H,15,18). The van der Waals surface area contributed by atoms with Crippen molar-refractivity contribution in [1.29, 1.82) is 0 Å². The van der Waals surface area contributed by atoms with Gasteiger partial charge in [0.25, 0.3) is 5.91 Å². The molecule has 2 rings (SSSR count). The molecule has 1 aliphatic rings. The molecule has 0 saturated carbocycles. The van der Waals surface area contributed by atoms with Crippen LogP contribution in [0, 0.1) is 0 Å². The summed E-state index contributed by atoms with van der Waals surface area (Å²) in [5, 5.41) is 2.99. The minimum absolute atomic E-state index is 0.178. The van der Waals surface area contributed by atoms with Crippen LogP contribution in [-0.4, -0.2) is 41.5 Å². The van der Waals surface area contributed by atoms with E-state index < -0.39 is 0 Å². The summed E-state index contributed by atoms with van der Waals surface area (Å²) in [7, 11) is 2.07. The van der Waals surface area contributed by atoms with E-state index in [2.05, 4.69) is 22.2 Å². The molecule has 18 heavy (non-hydrogen) atoms. The lowest BCUT2D eigenvalue weighted by atomic mass is 9.89. The summed E-state index contributed by atoms with van der Waals surface area (Å²) in [6.07, 6.45) is 4.78. The number of piperidine rings is 1. The number of likely N-dealkylation sites (tertiary alicyclic amines) is 1. The van der Waals surface area contributed by atoms with E-state index >= 15 is 0 Å². The van der Waals surface area contributed by atoms with Crippen molar-refractivity contribution in [2.75, 3.05) is 20.1 Å². The van der Waals surface area contributed by atoms with Crippen molar-refractivity contribution < 1.29 is 4.79 Å². The van der Waals surface area contributed by atoms with E-state index in [4.69, 9.17) is 0 Å². The predicted molar refractivity (Wildman–Crippen MR) is 69.7 cm³/mol. The van der Waals surface area contributed by atoms with Crippen LogP contribution in [0.4, 0.5) is 0 Å². The number of aromatic amines is 1. The maximum atomic E-state index is 12.1. The average molecular weight is 249 g/mol. The molecule has 0 atom stereocenters. The van der Waals surface area contributed by atoms with Gasteiger partial charge in [0.15, 0.2) is 5.43 Å². The van der Waals surface area contributed by atoms with Gasteiger partial charge in [0.2, 0.25) is 0 Å². The zero-order chi connectivity index (χ0) is 13.2. The highest BCUT2D eigenvalue weighted by Crippen LogP contribution is 2.20. The summed E-state index contributed by atoms with van der Waals surface area (Å²) in [5.74, 6) is -0.288. The predicted octanol–water partition coefficient (Wildman–Crippen LogP) is 0.589. The molecule has 1 aromatic heterocycles. The minimum atomic E-state index is -0.288. The van der Waals surface area contributed by atoms with Crippen molar-refractivity contribution >= 4 is 5.91 Å². The molecular formula is C13H19N3O2. The van der Waals surface area contributed by atoms with Crippen molar-refractivity contribution in [3.05, 3.63) is 34.2 Å². The van der Waals surface area contributed by atoms with Gasteiger partial charge in [0, 0.05) is 37.1 Å². The van der Waals surface area contributed by atoms with Gasteiger partial charge in [-0.25, -0.2) is 0 Å². The smallest absolute Gasteiger partial charge is 0.257 e. The fraction of sp³-hybridized carbons (Fsp3) is 0.538. The second-order valence-corrected chi connectivity index (χ2v) is 5.24. The molecule has 1 fully saturated rings. The Hall–Kier alpha value is -1.62. The lowest BCUT2D eigenvalue weighted by Crippen LogP contribution is -2.53. The minimum Gasteiger partial charge on any atom is -0.367 e. The number of hydrogen-bond donors (Lipinski definition) is 2. The Bertz CT molecular complexity index is 487. The molecule has 0 aliphatic carbocycles. The first kappa shape index (κ1) is 12.8. The Balaban J connectivity index is 2.08. The maximum absolute atomic E-state index is 12.1. The zero-order valence-electron chi connectivity index (χ0n) is 10.8. The topological polar surface area (TPSA) is 65.2 Å². The molecular weight excluding hydrogens is 230 g/mol. The average Bonchev–Trinajstić information content (AvgIpc) is 2.34. The molecule has 5 heteroatoms. The van der Waals surface area contributed by atoms with Crippen LogP contribution in [0.1, 0.15) is 30.1 Å². The highest BCUT2D eigenvalue weighted by molar-refractivity contribution is 5.94. The van der Waals surface area contributed by atoms with Crippen LogP contribution in [-0.2, 0) is 0 Å². The fourth-order valence-corrected chi connectivity index (χ4v) is 2.17. The van der Waals surface area contributed by atoms with Gasteiger partial charge in [-0.2, -0.15) is 0 Å². The monoisotopic (exact) mass is 249 g/mol. The van der Waals surface area contributed by atoms with Crippen molar-refractivity contribution in [3.8, 4) is 0 Å². The van der Waals surface area contributed by atoms with Gasteiger partial charge < -0.3 is 15.2 Å². The van der Waals surface area contributed by atoms with Crippen LogP contribution in [0.2, 0.25) is 0 Å². The van der Waals surface area contributed by atoms with E-state index in [0.29, 0.717) is 0 Å². The number of carbonyl (C=O) groups is 1. The zero-order valence-corrected chi connectivity index (χ0v) is 10.8. The van der Waals surface area contributed by atoms with E-state index in [1.54, 1.807) is 0 Å². The third-order valence-electron chi connectivity index (χ3n) is 3.57. The molecule has 1 aromatic rings. The van der Waals surface area contributed by atoms with Crippen LogP contribution >= 0.6 is 0 Å². The molecule has 0 bridgehead atoms. The van der Waals surface area contributed by atoms with Crippen LogP contribution < -0.4 is 10.7 Å². The van der Waals surface area contributed by atoms with Crippen molar-refractivity contribution in [2.24, 2.45) is 0 Å². The molecule has 1 saturated heterocycles. The quantitative estimate of drug-likeness (QED) is 0.806. The highest BCUT2D eigenvalue weighted by atomic mass is 16.2. The number of carbonyl (C=O) groups excluding carboxylic acids is 1. The number of hydrogen-bond acceptors (Lipinski definition) is 3. The Labute approximate surface area is 106 Å². The lowest BCUT2D eigenvalue weighted by molar-refractivity contribution is 0.0850. The maximum Gasteiger partial charge on any atom is 0.257 e. The molecule has 98 valence electrons. The van der Waals surface area contributed by atoms with Crippen molar-refractivity contribution in [1.82, 2.24) is 15.2 Å². The number of nitrogens with one attached hydrogen (secondary N) is 2. The number of amides is 1. The molecule has 0 spiro atoms. The van der Waals surface area contributed by atoms with Crippen molar-refractivity contribution in [2.45, 2.75) is 25.3 Å². The van der Waals surface area contributed by atoms with Gasteiger partial charge in [-0.3, -0.25) is 9.59 Å². The van der Waals surface area contributed by atoms with E-state index in [9.17, 15) is 9.59 Å². The molecule has 2 N–H and O–H groups in total. The molecule has 0 aromatic carbocycles. The number of H-pyrrole nitrogens is 1. The molecule has 1 amide bonds. The number of pyridine rings is 1. The summed E-state index contributed by atoms with van der Waals surface area (Å²) >= 11 is 0.